The predicted molar refractivity (Wildman–Crippen MR) is 110 cm³/mol. The van der Waals surface area contributed by atoms with E-state index in [4.69, 9.17) is 27.9 Å². The second-order valence-corrected chi connectivity index (χ2v) is 6.90. The molecule has 0 aliphatic carbocycles. The lowest BCUT2D eigenvalue weighted by atomic mass is 10.2. The summed E-state index contributed by atoms with van der Waals surface area (Å²) in [5.74, 6) is -0.490. The van der Waals surface area contributed by atoms with Crippen LogP contribution >= 0.6 is 23.2 Å². The first kappa shape index (κ1) is 19.2. The van der Waals surface area contributed by atoms with E-state index in [-0.39, 0.29) is 0 Å². The van der Waals surface area contributed by atoms with Crippen molar-refractivity contribution in [2.24, 2.45) is 4.99 Å². The number of esters is 1. The average molecular weight is 401 g/mol. The van der Waals surface area contributed by atoms with E-state index in [1.807, 2.05) is 38.1 Å². The summed E-state index contributed by atoms with van der Waals surface area (Å²) in [4.78, 5) is 16.3. The van der Waals surface area contributed by atoms with Crippen LogP contribution < -0.4 is 0 Å². The number of hydrogen-bond acceptors (Lipinski definition) is 3. The first-order valence-electron chi connectivity index (χ1n) is 8.27. The molecule has 1 aromatic heterocycles. The van der Waals surface area contributed by atoms with Gasteiger partial charge < -0.3 is 9.30 Å². The maximum Gasteiger partial charge on any atom is 0.339 e. The number of rotatable bonds is 4. The molecule has 3 rings (SSSR count). The van der Waals surface area contributed by atoms with Crippen molar-refractivity contribution in [1.82, 2.24) is 4.57 Å². The van der Waals surface area contributed by atoms with Gasteiger partial charge in [-0.05, 0) is 56.3 Å². The average Bonchev–Trinajstić information content (AvgIpc) is 2.94. The molecule has 138 valence electrons. The molecule has 1 heterocycles. The Bertz CT molecular complexity index is 1040. The number of hydrogen-bond donors (Lipinski definition) is 0. The Morgan fingerprint density at radius 2 is 1.89 bits per heavy atom. The third-order valence-corrected chi connectivity index (χ3v) is 4.81. The first-order chi connectivity index (χ1) is 12.9. The molecule has 0 saturated carbocycles. The van der Waals surface area contributed by atoms with E-state index in [0.29, 0.717) is 21.3 Å². The summed E-state index contributed by atoms with van der Waals surface area (Å²) in [6, 6.07) is 14.8. The zero-order valence-corrected chi connectivity index (χ0v) is 16.7. The number of aryl methyl sites for hydroxylation is 1. The van der Waals surface area contributed by atoms with Crippen molar-refractivity contribution < 1.29 is 9.53 Å². The van der Waals surface area contributed by atoms with Crippen LogP contribution in [0.3, 0.4) is 0 Å². The quantitative estimate of drug-likeness (QED) is 0.401. The van der Waals surface area contributed by atoms with Crippen molar-refractivity contribution >= 4 is 41.1 Å². The number of carbonyl (C=O) groups excluding carboxylic acids is 1. The molecule has 0 atom stereocenters. The van der Waals surface area contributed by atoms with E-state index in [1.54, 1.807) is 24.4 Å². The van der Waals surface area contributed by atoms with E-state index < -0.39 is 5.97 Å². The molecule has 0 bridgehead atoms. The van der Waals surface area contributed by atoms with Crippen LogP contribution in [0, 0.1) is 13.8 Å². The Balaban J connectivity index is 1.95. The lowest BCUT2D eigenvalue weighted by molar-refractivity contribution is 0.0601. The Morgan fingerprint density at radius 1 is 1.11 bits per heavy atom. The molecule has 0 aliphatic rings. The normalized spacial score (nSPS) is 11.1. The van der Waals surface area contributed by atoms with Crippen molar-refractivity contribution in [2.45, 2.75) is 13.8 Å². The zero-order valence-electron chi connectivity index (χ0n) is 15.2. The first-order valence-corrected chi connectivity index (χ1v) is 9.03. The van der Waals surface area contributed by atoms with Crippen LogP contribution in [0.5, 0.6) is 0 Å². The summed E-state index contributed by atoms with van der Waals surface area (Å²) >= 11 is 12.2. The SMILES string of the molecule is COC(=O)c1cc(N=Cc2cc(C)n(-c3cccc(Cl)c3)c2C)ccc1Cl. The van der Waals surface area contributed by atoms with Gasteiger partial charge in [0.25, 0.3) is 0 Å². The van der Waals surface area contributed by atoms with Gasteiger partial charge in [-0.2, -0.15) is 0 Å². The maximum atomic E-state index is 11.8. The third-order valence-electron chi connectivity index (χ3n) is 4.24. The van der Waals surface area contributed by atoms with E-state index in [9.17, 15) is 4.79 Å². The standard InChI is InChI=1S/C21H18Cl2N2O2/c1-13-9-15(14(2)25(13)18-6-4-5-16(22)10-18)12-24-17-7-8-20(23)19(11-17)21(26)27-3/h4-12H,1-3H3. The van der Waals surface area contributed by atoms with Gasteiger partial charge in [0.1, 0.15) is 0 Å². The highest BCUT2D eigenvalue weighted by atomic mass is 35.5. The Kier molecular flexibility index (Phi) is 5.68. The Morgan fingerprint density at radius 3 is 2.59 bits per heavy atom. The van der Waals surface area contributed by atoms with Crippen molar-refractivity contribution in [3.05, 3.63) is 81.1 Å². The fraction of sp³-hybridized carbons (Fsp3) is 0.143. The highest BCUT2D eigenvalue weighted by Crippen LogP contribution is 2.25. The molecule has 0 saturated heterocycles. The van der Waals surface area contributed by atoms with E-state index in [1.165, 1.54) is 7.11 Å². The molecule has 0 amide bonds. The Labute approximate surface area is 168 Å². The number of ether oxygens (including phenoxy) is 1. The largest absolute Gasteiger partial charge is 0.465 e. The molecular formula is C21H18Cl2N2O2. The van der Waals surface area contributed by atoms with Crippen LogP contribution in [0.25, 0.3) is 5.69 Å². The summed E-state index contributed by atoms with van der Waals surface area (Å²) in [5, 5.41) is 1.02. The van der Waals surface area contributed by atoms with Crippen LogP contribution in [-0.2, 0) is 4.74 Å². The van der Waals surface area contributed by atoms with Crippen LogP contribution in [0.2, 0.25) is 10.0 Å². The van der Waals surface area contributed by atoms with Crippen LogP contribution in [0.1, 0.15) is 27.3 Å². The molecule has 2 aromatic carbocycles. The third kappa shape index (κ3) is 4.07. The lowest BCUT2D eigenvalue weighted by Gasteiger charge is -2.09. The van der Waals surface area contributed by atoms with E-state index in [2.05, 4.69) is 15.6 Å². The molecule has 0 spiro atoms. The molecule has 3 aromatic rings. The molecule has 27 heavy (non-hydrogen) atoms. The second-order valence-electron chi connectivity index (χ2n) is 6.06. The van der Waals surface area contributed by atoms with Gasteiger partial charge >= 0.3 is 5.97 Å². The molecule has 0 fully saturated rings. The van der Waals surface area contributed by atoms with E-state index >= 15 is 0 Å². The number of halogens is 2. The maximum absolute atomic E-state index is 11.8. The fourth-order valence-corrected chi connectivity index (χ4v) is 3.31. The summed E-state index contributed by atoms with van der Waals surface area (Å²) in [6.45, 7) is 4.06. The van der Waals surface area contributed by atoms with Gasteiger partial charge in [0.2, 0.25) is 0 Å². The van der Waals surface area contributed by atoms with Gasteiger partial charge in [0.15, 0.2) is 0 Å². The summed E-state index contributed by atoms with van der Waals surface area (Å²) in [5.41, 5.74) is 4.99. The van der Waals surface area contributed by atoms with E-state index in [0.717, 1.165) is 22.6 Å². The highest BCUT2D eigenvalue weighted by molar-refractivity contribution is 6.33. The molecule has 0 radical (unpaired) electrons. The van der Waals surface area contributed by atoms with Crippen molar-refractivity contribution in [3.8, 4) is 5.69 Å². The molecule has 0 N–H and O–H groups in total. The predicted octanol–water partition coefficient (Wildman–Crippen LogP) is 5.94. The molecule has 0 aliphatic heterocycles. The molecule has 0 unspecified atom stereocenters. The topological polar surface area (TPSA) is 43.6 Å². The summed E-state index contributed by atoms with van der Waals surface area (Å²) in [6.07, 6.45) is 1.77. The number of nitrogens with zero attached hydrogens (tertiary/aromatic N) is 2. The monoisotopic (exact) mass is 400 g/mol. The zero-order chi connectivity index (χ0) is 19.6. The van der Waals surface area contributed by atoms with Crippen LogP contribution in [-0.4, -0.2) is 23.9 Å². The van der Waals surface area contributed by atoms with Gasteiger partial charge in [-0.15, -0.1) is 0 Å². The van der Waals surface area contributed by atoms with Crippen LogP contribution in [0.15, 0.2) is 53.5 Å². The smallest absolute Gasteiger partial charge is 0.339 e. The number of aromatic nitrogens is 1. The van der Waals surface area contributed by atoms with Gasteiger partial charge in [-0.1, -0.05) is 29.3 Å². The summed E-state index contributed by atoms with van der Waals surface area (Å²) < 4.78 is 6.86. The number of benzene rings is 2. The van der Waals surface area contributed by atoms with Gasteiger partial charge in [-0.3, -0.25) is 4.99 Å². The summed E-state index contributed by atoms with van der Waals surface area (Å²) in [7, 11) is 1.32. The van der Waals surface area contributed by atoms with Crippen LogP contribution in [0.4, 0.5) is 5.69 Å². The van der Waals surface area contributed by atoms with Gasteiger partial charge in [-0.25, -0.2) is 4.79 Å². The second kappa shape index (κ2) is 7.99. The number of methoxy groups -OCH3 is 1. The minimum absolute atomic E-state index is 0.290. The van der Waals surface area contributed by atoms with Crippen molar-refractivity contribution in [1.29, 1.82) is 0 Å². The minimum atomic E-state index is -0.490. The van der Waals surface area contributed by atoms with Crippen molar-refractivity contribution in [3.63, 3.8) is 0 Å². The minimum Gasteiger partial charge on any atom is -0.465 e. The molecule has 4 nitrogen and oxygen atoms in total. The van der Waals surface area contributed by atoms with Gasteiger partial charge in [0.05, 0.1) is 23.4 Å². The molecule has 6 heteroatoms. The van der Waals surface area contributed by atoms with Gasteiger partial charge in [0, 0.05) is 33.9 Å². The highest BCUT2D eigenvalue weighted by Gasteiger charge is 2.12. The number of carbonyl (C=O) groups is 1. The van der Waals surface area contributed by atoms with Crippen molar-refractivity contribution in [2.75, 3.05) is 7.11 Å². The molecular weight excluding hydrogens is 383 g/mol. The number of aliphatic imine (C=N–C) groups is 1. The Hall–Kier alpha value is -2.56. The fourth-order valence-electron chi connectivity index (χ4n) is 2.93. The lowest BCUT2D eigenvalue weighted by Crippen LogP contribution is -2.01.